The van der Waals surface area contributed by atoms with E-state index in [9.17, 15) is 0 Å². The molecule has 126 valence electrons. The molecule has 0 spiro atoms. The second-order valence-electron chi connectivity index (χ2n) is 8.21. The number of hydrogen-bond donors (Lipinski definition) is 0. The summed E-state index contributed by atoms with van der Waals surface area (Å²) < 4.78 is 0. The average Bonchev–Trinajstić information content (AvgIpc) is 2.97. The van der Waals surface area contributed by atoms with Crippen molar-refractivity contribution >= 4 is 0 Å². The molecular weight excluding hydrogens is 252 g/mol. The van der Waals surface area contributed by atoms with Crippen molar-refractivity contribution in [3.8, 4) is 0 Å². The van der Waals surface area contributed by atoms with Crippen LogP contribution in [0.1, 0.15) is 99.3 Å². The molecule has 0 saturated heterocycles. The van der Waals surface area contributed by atoms with E-state index in [1.54, 1.807) is 0 Å². The monoisotopic (exact) mass is 294 g/mol. The van der Waals surface area contributed by atoms with E-state index in [2.05, 4.69) is 41.5 Å². The molecule has 0 heteroatoms. The zero-order chi connectivity index (χ0) is 15.8. The molecule has 0 aliphatic heterocycles. The summed E-state index contributed by atoms with van der Waals surface area (Å²) >= 11 is 0. The van der Waals surface area contributed by atoms with Gasteiger partial charge in [0, 0.05) is 0 Å². The Hall–Kier alpha value is 0. The van der Waals surface area contributed by atoms with Crippen LogP contribution in [0.4, 0.5) is 0 Å². The minimum absolute atomic E-state index is 0.852. The van der Waals surface area contributed by atoms with E-state index < -0.39 is 0 Å². The summed E-state index contributed by atoms with van der Waals surface area (Å²) in [6.07, 6.45) is 13.1. The van der Waals surface area contributed by atoms with Gasteiger partial charge in [-0.05, 0) is 41.9 Å². The van der Waals surface area contributed by atoms with Crippen LogP contribution in [0.2, 0.25) is 0 Å². The van der Waals surface area contributed by atoms with Crippen LogP contribution in [0.5, 0.6) is 0 Å². The minimum Gasteiger partial charge on any atom is -0.0654 e. The molecule has 0 radical (unpaired) electrons. The summed E-state index contributed by atoms with van der Waals surface area (Å²) in [5, 5.41) is 0. The molecule has 1 saturated carbocycles. The number of hydrogen-bond acceptors (Lipinski definition) is 0. The van der Waals surface area contributed by atoms with Crippen LogP contribution in [0.25, 0.3) is 0 Å². The van der Waals surface area contributed by atoms with Crippen molar-refractivity contribution in [3.05, 3.63) is 0 Å². The van der Waals surface area contributed by atoms with E-state index in [1.807, 2.05) is 0 Å². The first-order valence-corrected chi connectivity index (χ1v) is 10.0. The molecule has 0 bridgehead atoms. The smallest absolute Gasteiger partial charge is 0.0334 e. The molecule has 0 aromatic rings. The van der Waals surface area contributed by atoms with Crippen LogP contribution in [0.15, 0.2) is 0 Å². The van der Waals surface area contributed by atoms with Crippen molar-refractivity contribution < 1.29 is 0 Å². The molecule has 0 nitrogen and oxygen atoms in total. The van der Waals surface area contributed by atoms with Crippen LogP contribution in [-0.4, -0.2) is 0 Å². The van der Waals surface area contributed by atoms with Crippen LogP contribution in [0, 0.1) is 35.5 Å². The van der Waals surface area contributed by atoms with E-state index in [0.29, 0.717) is 0 Å². The van der Waals surface area contributed by atoms with Crippen molar-refractivity contribution in [2.75, 3.05) is 0 Å². The van der Waals surface area contributed by atoms with Crippen molar-refractivity contribution in [2.45, 2.75) is 99.3 Å². The van der Waals surface area contributed by atoms with E-state index in [0.717, 1.165) is 35.5 Å². The molecule has 1 rings (SSSR count). The molecule has 0 aromatic heterocycles. The van der Waals surface area contributed by atoms with Gasteiger partial charge in [0.1, 0.15) is 0 Å². The van der Waals surface area contributed by atoms with Gasteiger partial charge in [-0.2, -0.15) is 0 Å². The standard InChI is InChI=1S/C21H42/c1-7-12-18(8-2)15-17(6)21(16(4)5)20(9-3)19-13-10-11-14-19/h16-21H,7-15H2,1-6H3. The van der Waals surface area contributed by atoms with E-state index >= 15 is 0 Å². The third-order valence-corrected chi connectivity index (χ3v) is 6.38. The van der Waals surface area contributed by atoms with Crippen molar-refractivity contribution in [3.63, 3.8) is 0 Å². The maximum Gasteiger partial charge on any atom is -0.0334 e. The van der Waals surface area contributed by atoms with Gasteiger partial charge >= 0.3 is 0 Å². The molecule has 4 unspecified atom stereocenters. The molecule has 0 N–H and O–H groups in total. The largest absolute Gasteiger partial charge is 0.0654 e. The van der Waals surface area contributed by atoms with E-state index in [4.69, 9.17) is 0 Å². The van der Waals surface area contributed by atoms with Crippen LogP contribution in [0.3, 0.4) is 0 Å². The Morgan fingerprint density at radius 2 is 1.52 bits per heavy atom. The quantitative estimate of drug-likeness (QED) is 0.395. The summed E-state index contributed by atoms with van der Waals surface area (Å²) in [5.41, 5.74) is 0. The van der Waals surface area contributed by atoms with Gasteiger partial charge in [-0.3, -0.25) is 0 Å². The summed E-state index contributed by atoms with van der Waals surface area (Å²) in [6.45, 7) is 14.7. The normalized spacial score (nSPS) is 22.4. The Balaban J connectivity index is 2.73. The third-order valence-electron chi connectivity index (χ3n) is 6.38. The van der Waals surface area contributed by atoms with Gasteiger partial charge < -0.3 is 0 Å². The molecule has 1 aliphatic rings. The number of rotatable bonds is 10. The Morgan fingerprint density at radius 1 is 0.905 bits per heavy atom. The van der Waals surface area contributed by atoms with Gasteiger partial charge in [-0.1, -0.05) is 92.9 Å². The van der Waals surface area contributed by atoms with Crippen molar-refractivity contribution in [2.24, 2.45) is 35.5 Å². The molecule has 1 fully saturated rings. The SMILES string of the molecule is CCCC(CC)CC(C)C(C(C)C)C(CC)C1CCCC1. The highest BCUT2D eigenvalue weighted by Gasteiger charge is 2.35. The minimum atomic E-state index is 0.852. The Bertz CT molecular complexity index is 249. The van der Waals surface area contributed by atoms with Gasteiger partial charge in [0.15, 0.2) is 0 Å². The van der Waals surface area contributed by atoms with Crippen molar-refractivity contribution in [1.82, 2.24) is 0 Å². The first-order valence-electron chi connectivity index (χ1n) is 10.0. The van der Waals surface area contributed by atoms with E-state index in [1.165, 1.54) is 57.8 Å². The fourth-order valence-corrected chi connectivity index (χ4v) is 5.46. The maximum atomic E-state index is 2.57. The topological polar surface area (TPSA) is 0 Å². The van der Waals surface area contributed by atoms with Gasteiger partial charge in [0.2, 0.25) is 0 Å². The summed E-state index contributed by atoms with van der Waals surface area (Å²) in [5.74, 6) is 5.70. The highest BCUT2D eigenvalue weighted by molar-refractivity contribution is 4.85. The zero-order valence-electron chi connectivity index (χ0n) is 15.8. The average molecular weight is 295 g/mol. The Kier molecular flexibility index (Phi) is 8.98. The summed E-state index contributed by atoms with van der Waals surface area (Å²) in [7, 11) is 0. The lowest BCUT2D eigenvalue weighted by Crippen LogP contribution is -2.32. The molecule has 0 heterocycles. The first-order chi connectivity index (χ1) is 10.0. The molecule has 21 heavy (non-hydrogen) atoms. The van der Waals surface area contributed by atoms with Gasteiger partial charge in [-0.15, -0.1) is 0 Å². The lowest BCUT2D eigenvalue weighted by molar-refractivity contribution is 0.101. The molecule has 0 aromatic carbocycles. The highest BCUT2D eigenvalue weighted by atomic mass is 14.4. The molecule has 4 atom stereocenters. The summed E-state index contributed by atoms with van der Waals surface area (Å²) in [4.78, 5) is 0. The van der Waals surface area contributed by atoms with E-state index in [-0.39, 0.29) is 0 Å². The second kappa shape index (κ2) is 9.90. The molecule has 1 aliphatic carbocycles. The summed E-state index contributed by atoms with van der Waals surface area (Å²) in [6, 6.07) is 0. The van der Waals surface area contributed by atoms with Gasteiger partial charge in [0.05, 0.1) is 0 Å². The molecule has 0 amide bonds. The predicted octanol–water partition coefficient (Wildman–Crippen LogP) is 7.33. The van der Waals surface area contributed by atoms with Crippen molar-refractivity contribution in [1.29, 1.82) is 0 Å². The van der Waals surface area contributed by atoms with Gasteiger partial charge in [-0.25, -0.2) is 0 Å². The third kappa shape index (κ3) is 5.61. The highest BCUT2D eigenvalue weighted by Crippen LogP contribution is 2.44. The van der Waals surface area contributed by atoms with Crippen LogP contribution < -0.4 is 0 Å². The first kappa shape index (κ1) is 19.0. The van der Waals surface area contributed by atoms with Crippen LogP contribution >= 0.6 is 0 Å². The lowest BCUT2D eigenvalue weighted by Gasteiger charge is -2.39. The van der Waals surface area contributed by atoms with Gasteiger partial charge in [0.25, 0.3) is 0 Å². The maximum absolute atomic E-state index is 2.57. The fourth-order valence-electron chi connectivity index (χ4n) is 5.46. The van der Waals surface area contributed by atoms with Crippen LogP contribution in [-0.2, 0) is 0 Å². The lowest BCUT2D eigenvalue weighted by atomic mass is 9.66. The fraction of sp³-hybridized carbons (Fsp3) is 1.00. The Labute approximate surface area is 135 Å². The molecular formula is C21H42. The predicted molar refractivity (Wildman–Crippen MR) is 96.5 cm³/mol. The Morgan fingerprint density at radius 3 is 1.95 bits per heavy atom. The zero-order valence-corrected chi connectivity index (χ0v) is 15.8. The second-order valence-corrected chi connectivity index (χ2v) is 8.21.